The number of likely N-dealkylation sites (tertiary alicyclic amines) is 1. The molecule has 0 spiro atoms. The molecule has 1 aliphatic rings. The van der Waals surface area contributed by atoms with Crippen LogP contribution in [0.2, 0.25) is 0 Å². The summed E-state index contributed by atoms with van der Waals surface area (Å²) in [5.74, 6) is 1.26. The molecule has 0 radical (unpaired) electrons. The maximum absolute atomic E-state index is 13.1. The first-order valence-electron chi connectivity index (χ1n) is 14.7. The normalized spacial score (nSPS) is 16.8. The largest absolute Gasteiger partial charge is 0.497 e. The first kappa shape index (κ1) is 29.2. The molecule has 228 valence electrons. The molecule has 44 heavy (non-hydrogen) atoms. The van der Waals surface area contributed by atoms with Gasteiger partial charge >= 0.3 is 6.09 Å². The first-order chi connectivity index (χ1) is 21.0. The summed E-state index contributed by atoms with van der Waals surface area (Å²) in [5.41, 5.74) is 3.94. The molecular weight excluding hydrogens is 560 g/mol. The Labute approximate surface area is 255 Å². The summed E-state index contributed by atoms with van der Waals surface area (Å²) < 4.78 is 18.5. The maximum Gasteiger partial charge on any atom is 0.435 e. The van der Waals surface area contributed by atoms with Crippen molar-refractivity contribution in [2.75, 3.05) is 13.7 Å². The lowest BCUT2D eigenvalue weighted by molar-refractivity contribution is -0.129. The number of ether oxygens (including phenoxy) is 3. The number of nitrogens with one attached hydrogen (secondary N) is 1. The van der Waals surface area contributed by atoms with E-state index in [4.69, 9.17) is 19.2 Å². The summed E-state index contributed by atoms with van der Waals surface area (Å²) in [4.78, 5) is 40.1. The van der Waals surface area contributed by atoms with Crippen LogP contribution in [0.3, 0.4) is 0 Å². The van der Waals surface area contributed by atoms with Crippen LogP contribution >= 0.6 is 0 Å². The van der Waals surface area contributed by atoms with Crippen LogP contribution in [-0.2, 0) is 9.53 Å². The Kier molecular flexibility index (Phi) is 7.48. The van der Waals surface area contributed by atoms with E-state index >= 15 is 0 Å². The lowest BCUT2D eigenvalue weighted by Gasteiger charge is -2.26. The van der Waals surface area contributed by atoms with Crippen molar-refractivity contribution in [1.29, 1.82) is 0 Å². The summed E-state index contributed by atoms with van der Waals surface area (Å²) in [7, 11) is 1.64. The lowest BCUT2D eigenvalue weighted by atomic mass is 10.0. The van der Waals surface area contributed by atoms with E-state index in [1.54, 1.807) is 19.6 Å². The third kappa shape index (κ3) is 5.69. The molecule has 1 N–H and O–H groups in total. The van der Waals surface area contributed by atoms with Crippen molar-refractivity contribution in [2.24, 2.45) is 5.92 Å². The summed E-state index contributed by atoms with van der Waals surface area (Å²) >= 11 is 0. The molecule has 0 saturated carbocycles. The zero-order valence-electron chi connectivity index (χ0n) is 25.7. The highest BCUT2D eigenvalue weighted by atomic mass is 16.6. The Balaban J connectivity index is 1.22. The highest BCUT2D eigenvalue weighted by Gasteiger charge is 2.37. The molecule has 11 heteroatoms. The third-order valence-electron chi connectivity index (χ3n) is 8.02. The molecule has 1 fully saturated rings. The van der Waals surface area contributed by atoms with E-state index in [1.165, 1.54) is 4.68 Å². The van der Waals surface area contributed by atoms with Gasteiger partial charge in [-0.25, -0.2) is 14.8 Å². The number of aromatic nitrogens is 5. The topological polar surface area (TPSA) is 124 Å². The van der Waals surface area contributed by atoms with Crippen molar-refractivity contribution >= 4 is 33.9 Å². The fourth-order valence-electron chi connectivity index (χ4n) is 5.57. The van der Waals surface area contributed by atoms with Crippen molar-refractivity contribution in [2.45, 2.75) is 58.8 Å². The second-order valence-corrected chi connectivity index (χ2v) is 12.2. The predicted molar refractivity (Wildman–Crippen MR) is 166 cm³/mol. The molecule has 1 amide bonds. The lowest BCUT2D eigenvalue weighted by Crippen LogP contribution is -2.31. The number of imidazole rings is 1. The van der Waals surface area contributed by atoms with Crippen LogP contribution in [0.1, 0.15) is 52.6 Å². The van der Waals surface area contributed by atoms with Gasteiger partial charge in [-0.3, -0.25) is 4.79 Å². The second kappa shape index (κ2) is 11.3. The van der Waals surface area contributed by atoms with Crippen molar-refractivity contribution in [3.63, 3.8) is 0 Å². The average molecular weight is 597 g/mol. The number of nitrogens with zero attached hydrogens (tertiary/aromatic N) is 5. The van der Waals surface area contributed by atoms with Crippen LogP contribution in [0.15, 0.2) is 61.1 Å². The smallest absolute Gasteiger partial charge is 0.435 e. The zero-order valence-corrected chi connectivity index (χ0v) is 25.7. The molecular formula is C33H36N6O5. The molecule has 3 aromatic heterocycles. The molecule has 1 saturated heterocycles. The van der Waals surface area contributed by atoms with Crippen LogP contribution < -0.4 is 9.47 Å². The molecule has 6 rings (SSSR count). The number of hydrogen-bond acceptors (Lipinski definition) is 8. The maximum atomic E-state index is 13.1. The minimum atomic E-state index is -0.634. The number of aromatic amines is 1. The van der Waals surface area contributed by atoms with Gasteiger partial charge in [-0.2, -0.15) is 9.78 Å². The number of rotatable bonds is 7. The van der Waals surface area contributed by atoms with Gasteiger partial charge in [0.25, 0.3) is 0 Å². The highest BCUT2D eigenvalue weighted by molar-refractivity contribution is 5.91. The predicted octanol–water partition coefficient (Wildman–Crippen LogP) is 6.14. The quantitative estimate of drug-likeness (QED) is 0.237. The second-order valence-electron chi connectivity index (χ2n) is 12.2. The molecule has 0 aliphatic carbocycles. The van der Waals surface area contributed by atoms with Crippen LogP contribution in [0.4, 0.5) is 4.79 Å². The Bertz CT molecular complexity index is 1840. The average Bonchev–Trinajstić information content (AvgIpc) is 3.74. The van der Waals surface area contributed by atoms with Gasteiger partial charge < -0.3 is 24.1 Å². The first-order valence-corrected chi connectivity index (χ1v) is 14.7. The van der Waals surface area contributed by atoms with E-state index in [-0.39, 0.29) is 24.0 Å². The fourth-order valence-corrected chi connectivity index (χ4v) is 5.57. The number of carbonyl (C=O) groups is 2. The standard InChI is InChI=1S/C33H36N6O5/c1-19(21-7-10-25(42-6)11-8-21)38-17-24(14-29(38)40)20(2)43-31-30-27(34-18-35-30)15-26(37-31)22-9-12-28-23(13-22)16-36-39(28)32(41)44-33(3,4)5/h7-13,15-16,18-20,24H,14,17H2,1-6H3,(H,34,35). The number of benzene rings is 2. The molecule has 3 unspecified atom stereocenters. The van der Waals surface area contributed by atoms with Gasteiger partial charge in [-0.1, -0.05) is 18.2 Å². The van der Waals surface area contributed by atoms with E-state index in [9.17, 15) is 9.59 Å². The summed E-state index contributed by atoms with van der Waals surface area (Å²) in [5, 5.41) is 5.02. The number of H-pyrrole nitrogens is 1. The van der Waals surface area contributed by atoms with Crippen LogP contribution in [0.5, 0.6) is 11.6 Å². The van der Waals surface area contributed by atoms with Gasteiger partial charge in [0.15, 0.2) is 5.52 Å². The van der Waals surface area contributed by atoms with Crippen molar-refractivity contribution in [3.8, 4) is 22.9 Å². The number of carbonyl (C=O) groups excluding carboxylic acids is 2. The molecule has 11 nitrogen and oxygen atoms in total. The number of methoxy groups -OCH3 is 1. The van der Waals surface area contributed by atoms with E-state index in [0.29, 0.717) is 35.6 Å². The molecule has 0 bridgehead atoms. The van der Waals surface area contributed by atoms with Crippen molar-refractivity contribution in [1.82, 2.24) is 29.6 Å². The Morgan fingerprint density at radius 3 is 2.59 bits per heavy atom. The molecule has 4 heterocycles. The van der Waals surface area contributed by atoms with E-state index < -0.39 is 11.7 Å². The van der Waals surface area contributed by atoms with Gasteiger partial charge in [-0.15, -0.1) is 0 Å². The summed E-state index contributed by atoms with van der Waals surface area (Å²) in [6.07, 6.45) is 2.81. The number of fused-ring (bicyclic) bond motifs is 2. The van der Waals surface area contributed by atoms with Crippen LogP contribution in [0.25, 0.3) is 33.2 Å². The van der Waals surface area contributed by atoms with Gasteiger partial charge in [0.2, 0.25) is 11.8 Å². The minimum Gasteiger partial charge on any atom is -0.497 e. The van der Waals surface area contributed by atoms with Gasteiger partial charge in [-0.05, 0) is 70.5 Å². The molecule has 1 aliphatic heterocycles. The summed E-state index contributed by atoms with van der Waals surface area (Å²) in [6.45, 7) is 10.0. The van der Waals surface area contributed by atoms with Crippen LogP contribution in [-0.4, -0.2) is 67.0 Å². The Morgan fingerprint density at radius 1 is 1.09 bits per heavy atom. The minimum absolute atomic E-state index is 0.0160. The van der Waals surface area contributed by atoms with Gasteiger partial charge in [0.05, 0.1) is 42.4 Å². The molecule has 3 atom stereocenters. The Morgan fingerprint density at radius 2 is 1.86 bits per heavy atom. The molecule has 2 aromatic carbocycles. The Hall–Kier alpha value is -4.93. The van der Waals surface area contributed by atoms with E-state index in [0.717, 1.165) is 27.8 Å². The number of amides is 1. The fraction of sp³-hybridized carbons (Fsp3) is 0.364. The van der Waals surface area contributed by atoms with E-state index in [1.807, 2.05) is 88.0 Å². The number of hydrogen-bond donors (Lipinski definition) is 1. The molecule has 5 aromatic rings. The van der Waals surface area contributed by atoms with E-state index in [2.05, 4.69) is 15.1 Å². The SMILES string of the molecule is COc1ccc(C(C)N2CC(C(C)Oc3nc(-c4ccc5c(cnn5C(=O)OC(C)(C)C)c4)cc4[nH]cnc34)CC2=O)cc1. The third-order valence-corrected chi connectivity index (χ3v) is 8.02. The van der Waals surface area contributed by atoms with Gasteiger partial charge in [0, 0.05) is 29.8 Å². The zero-order chi connectivity index (χ0) is 31.2. The summed E-state index contributed by atoms with van der Waals surface area (Å²) in [6, 6.07) is 15.3. The number of pyridine rings is 1. The monoisotopic (exact) mass is 596 g/mol. The van der Waals surface area contributed by atoms with Crippen molar-refractivity contribution in [3.05, 3.63) is 66.6 Å². The van der Waals surface area contributed by atoms with Crippen molar-refractivity contribution < 1.29 is 23.8 Å². The van der Waals surface area contributed by atoms with Gasteiger partial charge in [0.1, 0.15) is 17.5 Å². The highest BCUT2D eigenvalue weighted by Crippen LogP contribution is 2.34. The van der Waals surface area contributed by atoms with Crippen LogP contribution in [0, 0.1) is 5.92 Å².